The number of rotatable bonds is 2. The average molecular weight is 346 g/mol. The zero-order chi connectivity index (χ0) is 15.0. The summed E-state index contributed by atoms with van der Waals surface area (Å²) in [7, 11) is 0. The summed E-state index contributed by atoms with van der Waals surface area (Å²) < 4.78 is 7.00. The molecule has 0 amide bonds. The summed E-state index contributed by atoms with van der Waals surface area (Å²) in [4.78, 5) is 11.2. The van der Waals surface area contributed by atoms with Crippen molar-refractivity contribution in [2.45, 2.75) is 31.9 Å². The second-order valence-corrected chi connectivity index (χ2v) is 6.86. The van der Waals surface area contributed by atoms with E-state index in [9.17, 15) is 4.91 Å². The maximum absolute atomic E-state index is 11.2. The Bertz CT molecular complexity index is 680. The fourth-order valence-electron chi connectivity index (χ4n) is 2.73. The van der Waals surface area contributed by atoms with Gasteiger partial charge in [0.25, 0.3) is 0 Å². The third-order valence-electron chi connectivity index (χ3n) is 3.74. The van der Waals surface area contributed by atoms with Gasteiger partial charge >= 0.3 is 0 Å². The van der Waals surface area contributed by atoms with E-state index in [1.165, 1.54) is 0 Å². The summed E-state index contributed by atoms with van der Waals surface area (Å²) in [6.07, 6.45) is 0.604. The Hall–Kier alpha value is -1.68. The van der Waals surface area contributed by atoms with Crippen LogP contribution in [0.15, 0.2) is 52.1 Å². The third kappa shape index (κ3) is 2.86. The van der Waals surface area contributed by atoms with Gasteiger partial charge in [-0.2, -0.15) is 4.91 Å². The van der Waals surface area contributed by atoms with Crippen molar-refractivity contribution in [3.8, 4) is 16.9 Å². The molecule has 1 aliphatic rings. The molecule has 3 nitrogen and oxygen atoms in total. The Morgan fingerprint density at radius 1 is 1.14 bits per heavy atom. The summed E-state index contributed by atoms with van der Waals surface area (Å²) in [5, 5.41) is 3.30. The largest absolute Gasteiger partial charge is 0.487 e. The average Bonchev–Trinajstić information content (AvgIpc) is 2.46. The van der Waals surface area contributed by atoms with E-state index in [0.717, 1.165) is 26.9 Å². The molecular formula is C17H16BrNO2. The molecule has 108 valence electrons. The van der Waals surface area contributed by atoms with E-state index in [1.807, 2.05) is 56.3 Å². The van der Waals surface area contributed by atoms with Crippen LogP contribution in [0.3, 0.4) is 0 Å². The predicted molar refractivity (Wildman–Crippen MR) is 87.4 cm³/mol. The van der Waals surface area contributed by atoms with Crippen molar-refractivity contribution in [3.63, 3.8) is 0 Å². The van der Waals surface area contributed by atoms with E-state index in [4.69, 9.17) is 4.74 Å². The molecule has 0 radical (unpaired) electrons. The first-order valence-corrected chi connectivity index (χ1v) is 7.69. The molecular weight excluding hydrogens is 330 g/mol. The molecule has 0 fully saturated rings. The summed E-state index contributed by atoms with van der Waals surface area (Å²) in [5.74, 6) is 0.761. The molecule has 0 bridgehead atoms. The number of halogens is 1. The van der Waals surface area contributed by atoms with Crippen molar-refractivity contribution in [2.75, 3.05) is 0 Å². The number of fused-ring (bicyclic) bond motifs is 1. The highest BCUT2D eigenvalue weighted by Gasteiger charge is 2.34. The number of benzene rings is 2. The van der Waals surface area contributed by atoms with Crippen LogP contribution in [0.4, 0.5) is 0 Å². The molecule has 2 aromatic carbocycles. The van der Waals surface area contributed by atoms with Crippen LogP contribution in [-0.2, 0) is 0 Å². The van der Waals surface area contributed by atoms with Crippen molar-refractivity contribution in [2.24, 2.45) is 5.18 Å². The number of ether oxygens (including phenoxy) is 1. The number of hydrogen-bond acceptors (Lipinski definition) is 3. The second kappa shape index (κ2) is 5.26. The van der Waals surface area contributed by atoms with Crippen LogP contribution in [0.1, 0.15) is 31.9 Å². The van der Waals surface area contributed by atoms with Crippen molar-refractivity contribution < 1.29 is 4.74 Å². The normalized spacial score (nSPS) is 19.5. The monoisotopic (exact) mass is 345 g/mol. The van der Waals surface area contributed by atoms with Gasteiger partial charge < -0.3 is 4.74 Å². The van der Waals surface area contributed by atoms with E-state index in [2.05, 4.69) is 21.1 Å². The van der Waals surface area contributed by atoms with Crippen LogP contribution < -0.4 is 4.74 Å². The summed E-state index contributed by atoms with van der Waals surface area (Å²) in [6.45, 7) is 3.97. The number of hydrogen-bond donors (Lipinski definition) is 0. The first-order valence-electron chi connectivity index (χ1n) is 6.90. The van der Waals surface area contributed by atoms with Gasteiger partial charge in [0.2, 0.25) is 0 Å². The standard InChI is InChI=1S/C17H16BrNO2/c1-17(2)10-15(19-20)14-9-12(5-8-16(14)21-17)11-3-6-13(18)7-4-11/h3-9,15H,10H2,1-2H3. The first-order chi connectivity index (χ1) is 9.98. The molecule has 1 atom stereocenters. The predicted octanol–water partition coefficient (Wildman–Crippen LogP) is 5.48. The molecule has 0 saturated heterocycles. The highest BCUT2D eigenvalue weighted by molar-refractivity contribution is 9.10. The summed E-state index contributed by atoms with van der Waals surface area (Å²) in [5.41, 5.74) is 2.70. The zero-order valence-electron chi connectivity index (χ0n) is 12.0. The molecule has 1 unspecified atom stereocenters. The molecule has 0 saturated carbocycles. The van der Waals surface area contributed by atoms with E-state index < -0.39 is 0 Å². The summed E-state index contributed by atoms with van der Waals surface area (Å²) in [6, 6.07) is 13.7. The Morgan fingerprint density at radius 2 is 1.81 bits per heavy atom. The van der Waals surface area contributed by atoms with Gasteiger partial charge in [-0.05, 0) is 49.2 Å². The van der Waals surface area contributed by atoms with Gasteiger partial charge in [-0.25, -0.2) is 0 Å². The zero-order valence-corrected chi connectivity index (χ0v) is 13.6. The van der Waals surface area contributed by atoms with Crippen LogP contribution in [0.5, 0.6) is 5.75 Å². The van der Waals surface area contributed by atoms with Gasteiger partial charge in [0, 0.05) is 16.5 Å². The Kier molecular flexibility index (Phi) is 3.57. The van der Waals surface area contributed by atoms with E-state index in [-0.39, 0.29) is 11.6 Å². The molecule has 21 heavy (non-hydrogen) atoms. The van der Waals surface area contributed by atoms with Gasteiger partial charge in [0.15, 0.2) is 0 Å². The Morgan fingerprint density at radius 3 is 2.48 bits per heavy atom. The highest BCUT2D eigenvalue weighted by Crippen LogP contribution is 2.43. The van der Waals surface area contributed by atoms with Gasteiger partial charge in [-0.15, -0.1) is 0 Å². The lowest BCUT2D eigenvalue weighted by Gasteiger charge is -2.35. The quantitative estimate of drug-likeness (QED) is 0.675. The van der Waals surface area contributed by atoms with Crippen LogP contribution in [0.25, 0.3) is 11.1 Å². The summed E-state index contributed by atoms with van der Waals surface area (Å²) >= 11 is 3.43. The van der Waals surface area contributed by atoms with E-state index in [1.54, 1.807) is 0 Å². The lowest BCUT2D eigenvalue weighted by molar-refractivity contribution is 0.0730. The SMILES string of the molecule is CC1(C)CC(N=O)c2cc(-c3ccc(Br)cc3)ccc2O1. The molecule has 1 aliphatic heterocycles. The minimum Gasteiger partial charge on any atom is -0.487 e. The van der Waals surface area contributed by atoms with Crippen molar-refractivity contribution in [3.05, 3.63) is 57.4 Å². The van der Waals surface area contributed by atoms with Gasteiger partial charge in [0.1, 0.15) is 17.4 Å². The van der Waals surface area contributed by atoms with Crippen molar-refractivity contribution >= 4 is 15.9 Å². The fourth-order valence-corrected chi connectivity index (χ4v) is 3.00. The number of nitrogens with zero attached hydrogens (tertiary/aromatic N) is 1. The van der Waals surface area contributed by atoms with Gasteiger partial charge in [-0.1, -0.05) is 39.3 Å². The lowest BCUT2D eigenvalue weighted by Crippen LogP contribution is -2.34. The Labute approximate surface area is 132 Å². The van der Waals surface area contributed by atoms with Crippen molar-refractivity contribution in [1.82, 2.24) is 0 Å². The van der Waals surface area contributed by atoms with Crippen LogP contribution in [-0.4, -0.2) is 5.60 Å². The molecule has 1 heterocycles. The Balaban J connectivity index is 2.05. The van der Waals surface area contributed by atoms with Gasteiger partial charge in [0.05, 0.1) is 0 Å². The van der Waals surface area contributed by atoms with E-state index >= 15 is 0 Å². The second-order valence-electron chi connectivity index (χ2n) is 5.95. The fraction of sp³-hybridized carbons (Fsp3) is 0.294. The smallest absolute Gasteiger partial charge is 0.125 e. The maximum Gasteiger partial charge on any atom is 0.125 e. The molecule has 0 N–H and O–H groups in total. The topological polar surface area (TPSA) is 38.7 Å². The van der Waals surface area contributed by atoms with Crippen LogP contribution >= 0.6 is 15.9 Å². The molecule has 0 aromatic heterocycles. The number of nitroso groups, excluding NO2 is 1. The van der Waals surface area contributed by atoms with Gasteiger partial charge in [-0.3, -0.25) is 0 Å². The van der Waals surface area contributed by atoms with Crippen LogP contribution in [0, 0.1) is 4.91 Å². The lowest BCUT2D eigenvalue weighted by atomic mass is 9.88. The third-order valence-corrected chi connectivity index (χ3v) is 4.27. The first kappa shape index (κ1) is 14.3. The van der Waals surface area contributed by atoms with E-state index in [0.29, 0.717) is 6.42 Å². The minimum atomic E-state index is -0.356. The maximum atomic E-state index is 11.2. The molecule has 0 aliphatic carbocycles. The highest BCUT2D eigenvalue weighted by atomic mass is 79.9. The van der Waals surface area contributed by atoms with Crippen molar-refractivity contribution in [1.29, 1.82) is 0 Å². The molecule has 2 aromatic rings. The van der Waals surface area contributed by atoms with Crippen LogP contribution in [0.2, 0.25) is 0 Å². The molecule has 0 spiro atoms. The minimum absolute atomic E-state index is 0.348. The molecule has 4 heteroatoms. The molecule has 3 rings (SSSR count).